The molecule has 0 amide bonds. The predicted molar refractivity (Wildman–Crippen MR) is 96.0 cm³/mol. The maximum absolute atomic E-state index is 12.2. The number of fused-ring (bicyclic) bond motifs is 1. The van der Waals surface area contributed by atoms with E-state index >= 15 is 0 Å². The van der Waals surface area contributed by atoms with Gasteiger partial charge >= 0.3 is 5.69 Å². The normalized spacial score (nSPS) is 16.5. The summed E-state index contributed by atoms with van der Waals surface area (Å²) >= 11 is 0. The molecule has 0 aliphatic carbocycles. The second-order valence-corrected chi connectivity index (χ2v) is 6.74. The first-order valence-electron chi connectivity index (χ1n) is 8.88. The third-order valence-electron chi connectivity index (χ3n) is 5.10. The fourth-order valence-corrected chi connectivity index (χ4v) is 3.68. The van der Waals surface area contributed by atoms with Crippen LogP contribution in [-0.4, -0.2) is 50.9 Å². The van der Waals surface area contributed by atoms with Gasteiger partial charge in [-0.05, 0) is 63.4 Å². The van der Waals surface area contributed by atoms with Crippen molar-refractivity contribution in [2.24, 2.45) is 5.92 Å². The first-order valence-corrected chi connectivity index (χ1v) is 8.88. The van der Waals surface area contributed by atoms with Crippen LogP contribution in [0.2, 0.25) is 0 Å². The number of hydrogen-bond donors (Lipinski definition) is 3. The second-order valence-electron chi connectivity index (χ2n) is 6.74. The number of aliphatic hydroxyl groups is 1. The number of nitrogens with one attached hydrogen (secondary N) is 1. The number of rotatable bonds is 6. The summed E-state index contributed by atoms with van der Waals surface area (Å²) in [6, 6.07) is 4.69. The number of nitrogens with zero attached hydrogens (tertiary/aromatic N) is 2. The van der Waals surface area contributed by atoms with Gasteiger partial charge in [-0.2, -0.15) is 0 Å². The summed E-state index contributed by atoms with van der Waals surface area (Å²) in [7, 11) is 0. The zero-order valence-electron chi connectivity index (χ0n) is 14.3. The van der Waals surface area contributed by atoms with Crippen LogP contribution in [0.25, 0.3) is 10.9 Å². The van der Waals surface area contributed by atoms with E-state index in [-0.39, 0.29) is 12.4 Å². The lowest BCUT2D eigenvalue weighted by Gasteiger charge is -2.31. The van der Waals surface area contributed by atoms with Gasteiger partial charge in [0.25, 0.3) is 5.56 Å². The number of hydrogen-bond acceptors (Lipinski definition) is 5. The molecule has 0 saturated carbocycles. The Morgan fingerprint density at radius 2 is 1.92 bits per heavy atom. The van der Waals surface area contributed by atoms with Gasteiger partial charge in [-0.25, -0.2) is 4.79 Å². The molecule has 1 saturated heterocycles. The average molecular weight is 347 g/mol. The van der Waals surface area contributed by atoms with Gasteiger partial charge in [-0.1, -0.05) is 6.07 Å². The molecule has 0 spiro atoms. The second kappa shape index (κ2) is 7.84. The van der Waals surface area contributed by atoms with E-state index in [1.165, 1.54) is 10.6 Å². The molecule has 25 heavy (non-hydrogen) atoms. The zero-order valence-corrected chi connectivity index (χ0v) is 14.3. The fraction of sp³-hybridized carbons (Fsp3) is 0.556. The van der Waals surface area contributed by atoms with Crippen molar-refractivity contribution >= 4 is 10.9 Å². The lowest BCUT2D eigenvalue weighted by Crippen LogP contribution is -2.36. The SMILES string of the molecule is O=c1[nH]c(=O)n(CCCN2CCC(CCO)CC2)c2c(O)cccc12. The van der Waals surface area contributed by atoms with Gasteiger partial charge in [-0.3, -0.25) is 14.3 Å². The Bertz CT molecular complexity index is 834. The zero-order chi connectivity index (χ0) is 17.8. The Kier molecular flexibility index (Phi) is 5.55. The molecule has 3 rings (SSSR count). The summed E-state index contributed by atoms with van der Waals surface area (Å²) in [6.45, 7) is 3.59. The van der Waals surface area contributed by atoms with Gasteiger partial charge in [-0.15, -0.1) is 0 Å². The van der Waals surface area contributed by atoms with E-state index in [1.54, 1.807) is 12.1 Å². The largest absolute Gasteiger partial charge is 0.506 e. The van der Waals surface area contributed by atoms with Crippen LogP contribution < -0.4 is 11.2 Å². The molecule has 1 aliphatic heterocycles. The van der Waals surface area contributed by atoms with Crippen LogP contribution in [0.4, 0.5) is 0 Å². The van der Waals surface area contributed by atoms with Crippen molar-refractivity contribution in [3.05, 3.63) is 39.0 Å². The smallest absolute Gasteiger partial charge is 0.328 e. The minimum atomic E-state index is -0.486. The summed E-state index contributed by atoms with van der Waals surface area (Å²) in [6.07, 6.45) is 3.84. The third kappa shape index (κ3) is 3.93. The topological polar surface area (TPSA) is 98.6 Å². The number of likely N-dealkylation sites (tertiary alicyclic amines) is 1. The Hall–Kier alpha value is -2.12. The standard InChI is InChI=1S/C18H25N3O4/c22-12-7-13-5-10-20(11-6-13)8-2-9-21-16-14(3-1-4-15(16)23)17(24)19-18(21)25/h1,3-4,13,22-23H,2,5-12H2,(H,19,24,25). The molecular formula is C18H25N3O4. The molecule has 0 atom stereocenters. The minimum Gasteiger partial charge on any atom is -0.506 e. The van der Waals surface area contributed by atoms with Crippen molar-refractivity contribution < 1.29 is 10.2 Å². The molecule has 7 heteroatoms. The molecule has 3 N–H and O–H groups in total. The minimum absolute atomic E-state index is 0.0504. The number of para-hydroxylation sites is 1. The summed E-state index contributed by atoms with van der Waals surface area (Å²) < 4.78 is 1.45. The number of benzene rings is 1. The van der Waals surface area contributed by atoms with E-state index in [9.17, 15) is 14.7 Å². The summed E-state index contributed by atoms with van der Waals surface area (Å²) in [5.41, 5.74) is -0.656. The lowest BCUT2D eigenvalue weighted by molar-refractivity contribution is 0.156. The number of aliphatic hydroxyl groups excluding tert-OH is 1. The van der Waals surface area contributed by atoms with Gasteiger partial charge < -0.3 is 15.1 Å². The van der Waals surface area contributed by atoms with Crippen LogP contribution in [0.1, 0.15) is 25.7 Å². The number of phenols is 1. The summed E-state index contributed by atoms with van der Waals surface area (Å²) in [4.78, 5) is 28.8. The van der Waals surface area contributed by atoms with E-state index in [4.69, 9.17) is 5.11 Å². The Labute approximate surface area is 145 Å². The van der Waals surface area contributed by atoms with Crippen molar-refractivity contribution in [3.63, 3.8) is 0 Å². The Balaban J connectivity index is 1.66. The van der Waals surface area contributed by atoms with Gasteiger partial charge in [0.15, 0.2) is 0 Å². The highest BCUT2D eigenvalue weighted by Gasteiger charge is 2.18. The van der Waals surface area contributed by atoms with Crippen LogP contribution >= 0.6 is 0 Å². The predicted octanol–water partition coefficient (Wildman–Crippen LogP) is 0.880. The van der Waals surface area contributed by atoms with Crippen LogP contribution in [0.3, 0.4) is 0 Å². The number of aromatic hydroxyl groups is 1. The molecule has 1 aliphatic rings. The highest BCUT2D eigenvalue weighted by Crippen LogP contribution is 2.22. The van der Waals surface area contributed by atoms with Gasteiger partial charge in [0.2, 0.25) is 0 Å². The molecule has 1 aromatic carbocycles. The molecule has 1 aromatic heterocycles. The molecule has 136 valence electrons. The Morgan fingerprint density at radius 3 is 2.64 bits per heavy atom. The van der Waals surface area contributed by atoms with Crippen molar-refractivity contribution in [3.8, 4) is 5.75 Å². The van der Waals surface area contributed by atoms with Gasteiger partial charge in [0, 0.05) is 13.2 Å². The molecule has 2 aromatic rings. The van der Waals surface area contributed by atoms with Crippen LogP contribution in [0.15, 0.2) is 27.8 Å². The maximum atomic E-state index is 12.2. The quantitative estimate of drug-likeness (QED) is 0.720. The highest BCUT2D eigenvalue weighted by atomic mass is 16.3. The number of phenolic OH excluding ortho intramolecular Hbond substituents is 1. The maximum Gasteiger partial charge on any atom is 0.328 e. The van der Waals surface area contributed by atoms with E-state index in [1.807, 2.05) is 0 Å². The molecule has 7 nitrogen and oxygen atoms in total. The Morgan fingerprint density at radius 1 is 1.16 bits per heavy atom. The first kappa shape index (κ1) is 17.7. The fourth-order valence-electron chi connectivity index (χ4n) is 3.68. The molecule has 0 unspecified atom stereocenters. The third-order valence-corrected chi connectivity index (χ3v) is 5.10. The molecular weight excluding hydrogens is 322 g/mol. The summed E-state index contributed by atoms with van der Waals surface area (Å²) in [5.74, 6) is 0.564. The van der Waals surface area contributed by atoms with Gasteiger partial charge in [0.05, 0.1) is 5.39 Å². The monoisotopic (exact) mass is 347 g/mol. The van der Waals surface area contributed by atoms with Crippen LogP contribution in [0.5, 0.6) is 5.75 Å². The molecule has 2 heterocycles. The van der Waals surface area contributed by atoms with Crippen LogP contribution in [0, 0.1) is 5.92 Å². The van der Waals surface area contributed by atoms with E-state index < -0.39 is 11.2 Å². The lowest BCUT2D eigenvalue weighted by atomic mass is 9.94. The molecule has 1 fully saturated rings. The van der Waals surface area contributed by atoms with E-state index in [0.717, 1.165) is 45.3 Å². The molecule has 0 bridgehead atoms. The summed E-state index contributed by atoms with van der Waals surface area (Å²) in [5, 5.41) is 19.4. The average Bonchev–Trinajstić information content (AvgIpc) is 2.60. The highest BCUT2D eigenvalue weighted by molar-refractivity contribution is 5.83. The number of aryl methyl sites for hydroxylation is 1. The van der Waals surface area contributed by atoms with Gasteiger partial charge in [0.1, 0.15) is 11.3 Å². The molecule has 0 radical (unpaired) electrons. The first-order chi connectivity index (χ1) is 12.1. The number of aromatic nitrogens is 2. The number of H-pyrrole nitrogens is 1. The van der Waals surface area contributed by atoms with Crippen molar-refractivity contribution in [1.82, 2.24) is 14.5 Å². The number of piperidine rings is 1. The van der Waals surface area contributed by atoms with E-state index in [0.29, 0.717) is 23.4 Å². The number of aromatic amines is 1. The van der Waals surface area contributed by atoms with Crippen molar-refractivity contribution in [1.29, 1.82) is 0 Å². The van der Waals surface area contributed by atoms with Crippen molar-refractivity contribution in [2.45, 2.75) is 32.2 Å². The van der Waals surface area contributed by atoms with Crippen molar-refractivity contribution in [2.75, 3.05) is 26.2 Å². The van der Waals surface area contributed by atoms with E-state index in [2.05, 4.69) is 9.88 Å². The van der Waals surface area contributed by atoms with Crippen LogP contribution in [-0.2, 0) is 6.54 Å².